The summed E-state index contributed by atoms with van der Waals surface area (Å²) in [7, 11) is 0. The van der Waals surface area contributed by atoms with Gasteiger partial charge < -0.3 is 0 Å². The number of halogens is 3. The minimum absolute atomic E-state index is 0.0286. The van der Waals surface area contributed by atoms with Crippen LogP contribution in [0.15, 0.2) is 18.2 Å². The molecule has 1 aromatic carbocycles. The van der Waals surface area contributed by atoms with E-state index in [0.717, 1.165) is 0 Å². The second-order valence-electron chi connectivity index (χ2n) is 2.25. The highest BCUT2D eigenvalue weighted by atomic mass is 35.5. The number of hydrogen-bond acceptors (Lipinski definition) is 1. The Hall–Kier alpha value is -1.04. The van der Waals surface area contributed by atoms with Gasteiger partial charge in [-0.2, -0.15) is 5.26 Å². The maximum absolute atomic E-state index is 12.9. The van der Waals surface area contributed by atoms with Gasteiger partial charge in [0.05, 0.1) is 11.1 Å². The first-order valence-corrected chi connectivity index (χ1v) is 4.11. The van der Waals surface area contributed by atoms with E-state index in [0.29, 0.717) is 10.6 Å². The van der Waals surface area contributed by atoms with Gasteiger partial charge in [0.25, 0.3) is 0 Å². The van der Waals surface area contributed by atoms with Crippen molar-refractivity contribution in [3.05, 3.63) is 39.6 Å². The van der Waals surface area contributed by atoms with Crippen LogP contribution in [0.1, 0.15) is 5.56 Å². The van der Waals surface area contributed by atoms with Crippen molar-refractivity contribution < 1.29 is 4.39 Å². The van der Waals surface area contributed by atoms with Gasteiger partial charge in [-0.25, -0.2) is 4.39 Å². The monoisotopic (exact) mass is 215 g/mol. The average Bonchev–Trinajstić information content (AvgIpc) is 2.09. The fraction of sp³-hybridized carbons (Fsp3) is 0. The second-order valence-corrected chi connectivity index (χ2v) is 3.06. The van der Waals surface area contributed by atoms with Gasteiger partial charge in [0, 0.05) is 11.1 Å². The summed E-state index contributed by atoms with van der Waals surface area (Å²) in [4.78, 5) is 0. The number of nitriles is 1. The topological polar surface area (TPSA) is 23.8 Å². The van der Waals surface area contributed by atoms with Crippen molar-refractivity contribution in [1.29, 1.82) is 5.26 Å². The Bertz CT molecular complexity index is 393. The van der Waals surface area contributed by atoms with E-state index in [1.807, 2.05) is 0 Å². The smallest absolute Gasteiger partial charge is 0.142 e. The van der Waals surface area contributed by atoms with Gasteiger partial charge in [-0.05, 0) is 23.8 Å². The number of benzene rings is 1. The minimum Gasteiger partial charge on any atom is -0.205 e. The van der Waals surface area contributed by atoms with Gasteiger partial charge in [-0.1, -0.05) is 23.2 Å². The first-order valence-electron chi connectivity index (χ1n) is 3.36. The van der Waals surface area contributed by atoms with Crippen molar-refractivity contribution in [1.82, 2.24) is 0 Å². The van der Waals surface area contributed by atoms with E-state index in [1.54, 1.807) is 6.07 Å². The third-order valence-electron chi connectivity index (χ3n) is 1.38. The molecule has 66 valence electrons. The molecule has 0 aromatic heterocycles. The van der Waals surface area contributed by atoms with Crippen molar-refractivity contribution in [3.8, 4) is 6.07 Å². The molecule has 0 aliphatic carbocycles. The molecule has 0 aliphatic rings. The molecule has 1 aromatic rings. The van der Waals surface area contributed by atoms with Gasteiger partial charge in [0.1, 0.15) is 5.82 Å². The van der Waals surface area contributed by atoms with Crippen LogP contribution in [0, 0.1) is 17.1 Å². The number of allylic oxidation sites excluding steroid dienone is 1. The summed E-state index contributed by atoms with van der Waals surface area (Å²) in [6.07, 6.45) is 2.64. The van der Waals surface area contributed by atoms with E-state index in [1.165, 1.54) is 24.3 Å². The Kier molecular flexibility index (Phi) is 3.30. The number of nitrogens with zero attached hydrogens (tertiary/aromatic N) is 1. The Morgan fingerprint density at radius 3 is 2.62 bits per heavy atom. The van der Waals surface area contributed by atoms with E-state index >= 15 is 0 Å². The highest BCUT2D eigenvalue weighted by molar-refractivity contribution is 6.35. The first kappa shape index (κ1) is 10.0. The molecule has 0 saturated heterocycles. The van der Waals surface area contributed by atoms with Gasteiger partial charge in [-0.3, -0.25) is 0 Å². The first-order chi connectivity index (χ1) is 6.15. The predicted molar refractivity (Wildman–Crippen MR) is 51.1 cm³/mol. The third kappa shape index (κ3) is 2.45. The van der Waals surface area contributed by atoms with Crippen molar-refractivity contribution in [2.45, 2.75) is 0 Å². The van der Waals surface area contributed by atoms with Gasteiger partial charge in [0.15, 0.2) is 0 Å². The van der Waals surface area contributed by atoms with Crippen LogP contribution in [-0.2, 0) is 0 Å². The highest BCUT2D eigenvalue weighted by Crippen LogP contribution is 2.24. The van der Waals surface area contributed by atoms with Crippen molar-refractivity contribution in [3.63, 3.8) is 0 Å². The molecule has 0 saturated carbocycles. The van der Waals surface area contributed by atoms with Crippen LogP contribution in [0.5, 0.6) is 0 Å². The van der Waals surface area contributed by atoms with Gasteiger partial charge >= 0.3 is 0 Å². The minimum atomic E-state index is -0.552. The molecule has 0 amide bonds. The van der Waals surface area contributed by atoms with Crippen molar-refractivity contribution in [2.24, 2.45) is 0 Å². The van der Waals surface area contributed by atoms with Crippen LogP contribution in [0.25, 0.3) is 6.08 Å². The molecule has 1 rings (SSSR count). The van der Waals surface area contributed by atoms with Crippen LogP contribution in [0.2, 0.25) is 10.0 Å². The standard InChI is InChI=1S/C9H4Cl2FN/c10-7-5-8(11)9(12)4-6(7)2-1-3-13/h1-2,4-5H. The summed E-state index contributed by atoms with van der Waals surface area (Å²) < 4.78 is 12.9. The Morgan fingerprint density at radius 2 is 2.00 bits per heavy atom. The normalized spacial score (nSPS) is 10.3. The summed E-state index contributed by atoms with van der Waals surface area (Å²) in [6.45, 7) is 0. The quantitative estimate of drug-likeness (QED) is 0.518. The second kappa shape index (κ2) is 4.27. The zero-order valence-corrected chi connectivity index (χ0v) is 7.90. The van der Waals surface area contributed by atoms with E-state index in [-0.39, 0.29) is 5.02 Å². The molecule has 0 spiro atoms. The fourth-order valence-electron chi connectivity index (χ4n) is 0.793. The maximum Gasteiger partial charge on any atom is 0.142 e. The molecule has 13 heavy (non-hydrogen) atoms. The maximum atomic E-state index is 12.9. The Morgan fingerprint density at radius 1 is 1.31 bits per heavy atom. The largest absolute Gasteiger partial charge is 0.205 e. The lowest BCUT2D eigenvalue weighted by Crippen LogP contribution is -1.81. The van der Waals surface area contributed by atoms with Gasteiger partial charge in [0.2, 0.25) is 0 Å². The lowest BCUT2D eigenvalue weighted by atomic mass is 10.2. The lowest BCUT2D eigenvalue weighted by Gasteiger charge is -1.99. The van der Waals surface area contributed by atoms with Gasteiger partial charge in [-0.15, -0.1) is 0 Å². The van der Waals surface area contributed by atoms with Crippen LogP contribution < -0.4 is 0 Å². The number of rotatable bonds is 1. The lowest BCUT2D eigenvalue weighted by molar-refractivity contribution is 0.628. The predicted octanol–water partition coefficient (Wildman–Crippen LogP) is 3.67. The van der Waals surface area contributed by atoms with E-state index in [2.05, 4.69) is 0 Å². The van der Waals surface area contributed by atoms with Crippen LogP contribution in [0.3, 0.4) is 0 Å². The van der Waals surface area contributed by atoms with E-state index < -0.39 is 5.82 Å². The molecule has 0 atom stereocenters. The molecule has 0 unspecified atom stereocenters. The Balaban J connectivity index is 3.17. The zero-order valence-electron chi connectivity index (χ0n) is 6.39. The van der Waals surface area contributed by atoms with Crippen LogP contribution in [0.4, 0.5) is 4.39 Å². The van der Waals surface area contributed by atoms with E-state index in [4.69, 9.17) is 28.5 Å². The number of hydrogen-bond donors (Lipinski definition) is 0. The molecular weight excluding hydrogens is 212 g/mol. The molecule has 0 bridgehead atoms. The zero-order chi connectivity index (χ0) is 9.84. The molecule has 0 heterocycles. The van der Waals surface area contributed by atoms with Crippen molar-refractivity contribution in [2.75, 3.05) is 0 Å². The summed E-state index contributed by atoms with van der Waals surface area (Å²) in [5.74, 6) is -0.552. The molecule has 0 aliphatic heterocycles. The molecule has 0 fully saturated rings. The summed E-state index contributed by atoms with van der Waals surface area (Å²) in [5.41, 5.74) is 0.435. The van der Waals surface area contributed by atoms with Crippen molar-refractivity contribution >= 4 is 29.3 Å². The Labute approximate surface area is 85.0 Å². The summed E-state index contributed by atoms with van der Waals surface area (Å²) in [6, 6.07) is 4.26. The molecular formula is C9H4Cl2FN. The molecule has 4 heteroatoms. The third-order valence-corrected chi connectivity index (χ3v) is 1.99. The average molecular weight is 216 g/mol. The highest BCUT2D eigenvalue weighted by Gasteiger charge is 2.04. The molecule has 1 nitrogen and oxygen atoms in total. The van der Waals surface area contributed by atoms with Crippen LogP contribution in [-0.4, -0.2) is 0 Å². The summed E-state index contributed by atoms with van der Waals surface area (Å²) in [5, 5.41) is 8.53. The molecule has 0 N–H and O–H groups in total. The van der Waals surface area contributed by atoms with Crippen LogP contribution >= 0.6 is 23.2 Å². The summed E-state index contributed by atoms with van der Waals surface area (Å²) >= 11 is 11.2. The van der Waals surface area contributed by atoms with E-state index in [9.17, 15) is 4.39 Å². The SMILES string of the molecule is N#CC=Cc1cc(F)c(Cl)cc1Cl. The fourth-order valence-corrected chi connectivity index (χ4v) is 1.24. The molecule has 0 radical (unpaired) electrons.